The molecule has 3 saturated carbocycles. The molecule has 3 aliphatic carbocycles. The van der Waals surface area contributed by atoms with Crippen LogP contribution in [0.3, 0.4) is 0 Å². The van der Waals surface area contributed by atoms with E-state index in [9.17, 15) is 4.79 Å². The van der Waals surface area contributed by atoms with E-state index < -0.39 is 5.79 Å². The molecule has 190 valence electrons. The number of amides is 1. The molecule has 1 heterocycles. The summed E-state index contributed by atoms with van der Waals surface area (Å²) < 4.78 is 12.7. The van der Waals surface area contributed by atoms with Crippen LogP contribution >= 0.6 is 0 Å². The Labute approximate surface area is 203 Å². The van der Waals surface area contributed by atoms with E-state index in [0.717, 1.165) is 30.6 Å². The second-order valence-corrected chi connectivity index (χ2v) is 13.2. The third-order valence-corrected chi connectivity index (χ3v) is 11.5. The van der Waals surface area contributed by atoms with Gasteiger partial charge in [-0.2, -0.15) is 0 Å². The standard InChI is InChI=1S/C29H51NO3/c1-19(2)10-9-11-20(3)21-12-13-22-26-23(14-16-27(21,22)4)28(5)17-15-25(31)30(6)24(28)18-29(26,32-7)33-8/h19-24,26H,9-18H2,1-8H3/t20-,21-,22+,23+,24?,26+,27-,28-/m1/s1. The topological polar surface area (TPSA) is 38.8 Å². The maximum Gasteiger partial charge on any atom is 0.222 e. The predicted molar refractivity (Wildman–Crippen MR) is 134 cm³/mol. The summed E-state index contributed by atoms with van der Waals surface area (Å²) >= 11 is 0. The van der Waals surface area contributed by atoms with Crippen LogP contribution in [0.15, 0.2) is 0 Å². The zero-order chi connectivity index (χ0) is 24.2. The summed E-state index contributed by atoms with van der Waals surface area (Å²) in [7, 11) is 5.71. The number of hydrogen-bond donors (Lipinski definition) is 0. The average Bonchev–Trinajstić information content (AvgIpc) is 3.13. The van der Waals surface area contributed by atoms with Crippen LogP contribution < -0.4 is 0 Å². The second-order valence-electron chi connectivity index (χ2n) is 13.2. The Morgan fingerprint density at radius 2 is 1.64 bits per heavy atom. The van der Waals surface area contributed by atoms with Gasteiger partial charge in [-0.1, -0.05) is 53.9 Å². The maximum absolute atomic E-state index is 12.7. The molecule has 0 radical (unpaired) electrons. The van der Waals surface area contributed by atoms with Crippen LogP contribution in [0.2, 0.25) is 0 Å². The van der Waals surface area contributed by atoms with Crippen molar-refractivity contribution >= 4 is 5.91 Å². The first-order valence-electron chi connectivity index (χ1n) is 13.9. The largest absolute Gasteiger partial charge is 0.353 e. The molecule has 4 nitrogen and oxygen atoms in total. The minimum absolute atomic E-state index is 0.163. The first-order chi connectivity index (χ1) is 15.5. The van der Waals surface area contributed by atoms with E-state index in [0.29, 0.717) is 29.6 Å². The van der Waals surface area contributed by atoms with Crippen LogP contribution in [0.1, 0.15) is 98.8 Å². The van der Waals surface area contributed by atoms with E-state index >= 15 is 0 Å². The van der Waals surface area contributed by atoms with Crippen LogP contribution in [0.4, 0.5) is 0 Å². The molecule has 0 N–H and O–H groups in total. The highest BCUT2D eigenvalue weighted by atomic mass is 16.7. The molecule has 1 unspecified atom stereocenters. The van der Waals surface area contributed by atoms with Gasteiger partial charge in [0.15, 0.2) is 5.79 Å². The molecule has 4 rings (SSSR count). The average molecular weight is 462 g/mol. The zero-order valence-corrected chi connectivity index (χ0v) is 22.8. The number of methoxy groups -OCH3 is 2. The van der Waals surface area contributed by atoms with Gasteiger partial charge in [-0.3, -0.25) is 4.79 Å². The Morgan fingerprint density at radius 1 is 0.970 bits per heavy atom. The van der Waals surface area contributed by atoms with Crippen LogP contribution in [0, 0.1) is 46.3 Å². The van der Waals surface area contributed by atoms with Gasteiger partial charge in [-0.05, 0) is 72.5 Å². The molecule has 1 amide bonds. The summed E-state index contributed by atoms with van der Waals surface area (Å²) in [5.41, 5.74) is 0.538. The normalized spacial score (nSPS) is 43.2. The van der Waals surface area contributed by atoms with E-state index in [1.807, 2.05) is 26.2 Å². The summed E-state index contributed by atoms with van der Waals surface area (Å²) in [4.78, 5) is 14.7. The molecule has 0 spiro atoms. The highest BCUT2D eigenvalue weighted by Crippen LogP contribution is 2.69. The van der Waals surface area contributed by atoms with E-state index in [2.05, 4.69) is 34.6 Å². The number of carbonyl (C=O) groups is 1. The number of carbonyl (C=O) groups excluding carboxylic acids is 1. The molecular formula is C29H51NO3. The first-order valence-corrected chi connectivity index (χ1v) is 13.9. The number of likely N-dealkylation sites (tertiary alicyclic amines) is 1. The number of nitrogens with zero attached hydrogens (tertiary/aromatic N) is 1. The fourth-order valence-electron chi connectivity index (χ4n) is 9.58. The fraction of sp³-hybridized carbons (Fsp3) is 0.966. The van der Waals surface area contributed by atoms with Crippen LogP contribution in [0.5, 0.6) is 0 Å². The molecule has 0 bridgehead atoms. The Kier molecular flexibility index (Phi) is 7.04. The molecular weight excluding hydrogens is 410 g/mol. The molecule has 0 aromatic rings. The van der Waals surface area contributed by atoms with Crippen molar-refractivity contribution in [3.05, 3.63) is 0 Å². The summed E-state index contributed by atoms with van der Waals surface area (Å²) in [6.07, 6.45) is 11.8. The van der Waals surface area contributed by atoms with Gasteiger partial charge in [-0.15, -0.1) is 0 Å². The van der Waals surface area contributed by atoms with Crippen molar-refractivity contribution in [2.45, 2.75) is 111 Å². The molecule has 1 aliphatic heterocycles. The van der Waals surface area contributed by atoms with Gasteiger partial charge in [-0.25, -0.2) is 0 Å². The van der Waals surface area contributed by atoms with Crippen molar-refractivity contribution in [1.29, 1.82) is 0 Å². The number of ether oxygens (including phenoxy) is 2. The number of piperidine rings is 1. The third-order valence-electron chi connectivity index (χ3n) is 11.5. The molecule has 4 heteroatoms. The fourth-order valence-corrected chi connectivity index (χ4v) is 9.58. The van der Waals surface area contributed by atoms with Crippen molar-refractivity contribution in [1.82, 2.24) is 4.90 Å². The van der Waals surface area contributed by atoms with E-state index in [-0.39, 0.29) is 17.4 Å². The molecule has 0 aromatic heterocycles. The van der Waals surface area contributed by atoms with Crippen molar-refractivity contribution < 1.29 is 14.3 Å². The van der Waals surface area contributed by atoms with Crippen molar-refractivity contribution in [2.75, 3.05) is 21.3 Å². The first kappa shape index (κ1) is 25.5. The monoisotopic (exact) mass is 461 g/mol. The summed E-state index contributed by atoms with van der Waals surface area (Å²) in [5, 5.41) is 0. The van der Waals surface area contributed by atoms with Gasteiger partial charge >= 0.3 is 0 Å². The summed E-state index contributed by atoms with van der Waals surface area (Å²) in [5.74, 6) is 3.73. The second kappa shape index (κ2) is 9.12. The smallest absolute Gasteiger partial charge is 0.222 e. The highest BCUT2D eigenvalue weighted by Gasteiger charge is 2.68. The Morgan fingerprint density at radius 3 is 2.27 bits per heavy atom. The molecule has 8 atom stereocenters. The van der Waals surface area contributed by atoms with Gasteiger partial charge in [0.2, 0.25) is 5.91 Å². The predicted octanol–water partition coefficient (Wildman–Crippen LogP) is 6.53. The Balaban J connectivity index is 1.64. The maximum atomic E-state index is 12.7. The molecule has 4 aliphatic rings. The minimum atomic E-state index is -0.581. The molecule has 0 aromatic carbocycles. The summed E-state index contributed by atoms with van der Waals surface area (Å²) in [6, 6.07) is 0.205. The highest BCUT2D eigenvalue weighted by molar-refractivity contribution is 5.77. The van der Waals surface area contributed by atoms with E-state index in [1.165, 1.54) is 44.9 Å². The van der Waals surface area contributed by atoms with Gasteiger partial charge in [0.05, 0.1) is 0 Å². The lowest BCUT2D eigenvalue weighted by atomic mass is 9.44. The Bertz CT molecular complexity index is 718. The number of fused-ring (bicyclic) bond motifs is 5. The molecule has 4 fully saturated rings. The zero-order valence-electron chi connectivity index (χ0n) is 22.8. The Hall–Kier alpha value is -0.610. The van der Waals surface area contributed by atoms with Gasteiger partial charge < -0.3 is 14.4 Å². The lowest BCUT2D eigenvalue weighted by molar-refractivity contribution is -0.322. The summed E-state index contributed by atoms with van der Waals surface area (Å²) in [6.45, 7) is 12.3. The lowest BCUT2D eigenvalue weighted by Crippen LogP contribution is -2.69. The van der Waals surface area contributed by atoms with Crippen LogP contribution in [0.25, 0.3) is 0 Å². The number of rotatable bonds is 7. The van der Waals surface area contributed by atoms with Crippen LogP contribution in [-0.4, -0.2) is 43.9 Å². The van der Waals surface area contributed by atoms with Crippen molar-refractivity contribution in [3.63, 3.8) is 0 Å². The van der Waals surface area contributed by atoms with Crippen molar-refractivity contribution in [2.24, 2.45) is 46.3 Å². The lowest BCUT2D eigenvalue weighted by Gasteiger charge is -2.66. The third kappa shape index (κ3) is 3.90. The van der Waals surface area contributed by atoms with Gasteiger partial charge in [0.1, 0.15) is 0 Å². The van der Waals surface area contributed by atoms with E-state index in [4.69, 9.17) is 9.47 Å². The van der Waals surface area contributed by atoms with Gasteiger partial charge in [0, 0.05) is 46.1 Å². The SMILES string of the molecule is COC1(OC)CC2N(C)C(=O)CC[C@]2(C)[C@H]2CC[C@]3(C)[C@@H]([C@H](C)CCCC(C)C)CC[C@H]3[C@@H]21. The number of hydrogen-bond acceptors (Lipinski definition) is 3. The van der Waals surface area contributed by atoms with Crippen LogP contribution in [-0.2, 0) is 14.3 Å². The quantitative estimate of drug-likeness (QED) is 0.405. The van der Waals surface area contributed by atoms with Crippen molar-refractivity contribution in [3.8, 4) is 0 Å². The van der Waals surface area contributed by atoms with E-state index in [1.54, 1.807) is 0 Å². The minimum Gasteiger partial charge on any atom is -0.353 e. The van der Waals surface area contributed by atoms with Gasteiger partial charge in [0.25, 0.3) is 0 Å². The molecule has 1 saturated heterocycles. The molecule has 33 heavy (non-hydrogen) atoms.